The molecular weight excluding hydrogens is 519 g/mol. The lowest BCUT2D eigenvalue weighted by atomic mass is 10.1. The number of ether oxygens (including phenoxy) is 3. The summed E-state index contributed by atoms with van der Waals surface area (Å²) in [6.45, 7) is 2.68. The largest absolute Gasteiger partial charge is 0.493 e. The van der Waals surface area contributed by atoms with Gasteiger partial charge in [-0.2, -0.15) is 0 Å². The summed E-state index contributed by atoms with van der Waals surface area (Å²) in [4.78, 5) is 8.71. The minimum atomic E-state index is 0. The highest BCUT2D eigenvalue weighted by Crippen LogP contribution is 2.39. The number of methoxy groups -OCH3 is 2. The van der Waals surface area contributed by atoms with Crippen LogP contribution in [0.25, 0.3) is 0 Å². The number of para-hydroxylation sites is 1. The third kappa shape index (κ3) is 6.74. The van der Waals surface area contributed by atoms with Gasteiger partial charge in [0.1, 0.15) is 0 Å². The maximum atomic E-state index is 5.91. The van der Waals surface area contributed by atoms with Crippen molar-refractivity contribution in [2.45, 2.75) is 19.5 Å². The Hall–Kier alpha value is -3.01. The minimum absolute atomic E-state index is 0. The van der Waals surface area contributed by atoms with E-state index in [0.29, 0.717) is 29.7 Å². The molecule has 1 heterocycles. The smallest absolute Gasteiger partial charge is 0.219 e. The number of rotatable bonds is 8. The normalized spacial score (nSPS) is 11.7. The number of pyridine rings is 1. The average Bonchev–Trinajstić information content (AvgIpc) is 2.83. The van der Waals surface area contributed by atoms with Crippen LogP contribution >= 0.6 is 24.0 Å². The number of aromatic nitrogens is 1. The summed E-state index contributed by atoms with van der Waals surface area (Å²) in [6.07, 6.45) is 1.76. The van der Waals surface area contributed by atoms with Crippen LogP contribution in [0.4, 0.5) is 0 Å². The van der Waals surface area contributed by atoms with Crippen molar-refractivity contribution in [3.8, 4) is 23.1 Å². The maximum absolute atomic E-state index is 5.91. The molecule has 0 bridgehead atoms. The Kier molecular flexibility index (Phi) is 10.1. The molecule has 1 atom stereocenters. The molecule has 170 valence electrons. The third-order valence-electron chi connectivity index (χ3n) is 4.72. The van der Waals surface area contributed by atoms with Crippen LogP contribution in [0.1, 0.15) is 24.1 Å². The summed E-state index contributed by atoms with van der Waals surface area (Å²) < 4.78 is 16.6. The van der Waals surface area contributed by atoms with E-state index >= 15 is 0 Å². The van der Waals surface area contributed by atoms with E-state index in [0.717, 1.165) is 11.5 Å². The van der Waals surface area contributed by atoms with Crippen molar-refractivity contribution in [3.05, 3.63) is 78.0 Å². The fourth-order valence-electron chi connectivity index (χ4n) is 3.01. The molecule has 3 rings (SSSR count). The summed E-state index contributed by atoms with van der Waals surface area (Å²) >= 11 is 0. The standard InChI is InChI=1S/C24H28N4O3.HI/c1-17(19-9-6-5-7-10-19)28-24(25-2)27-16-18-13-14-22(26-15-18)31-23-20(29-3)11-8-12-21(23)30-4;/h5-15,17H,16H2,1-4H3,(H2,25,27,28);1H. The van der Waals surface area contributed by atoms with Crippen molar-refractivity contribution in [2.75, 3.05) is 21.3 Å². The van der Waals surface area contributed by atoms with Gasteiger partial charge >= 0.3 is 0 Å². The molecule has 0 aliphatic heterocycles. The van der Waals surface area contributed by atoms with Gasteiger partial charge in [0.05, 0.1) is 20.3 Å². The Morgan fingerprint density at radius 3 is 2.22 bits per heavy atom. The van der Waals surface area contributed by atoms with Crippen LogP contribution in [0.2, 0.25) is 0 Å². The number of hydrogen-bond donors (Lipinski definition) is 2. The first-order valence-corrected chi connectivity index (χ1v) is 10.0. The first-order chi connectivity index (χ1) is 15.1. The molecule has 3 aromatic rings. The van der Waals surface area contributed by atoms with E-state index in [1.165, 1.54) is 5.56 Å². The van der Waals surface area contributed by atoms with Gasteiger partial charge in [0.15, 0.2) is 17.5 Å². The molecule has 2 N–H and O–H groups in total. The minimum Gasteiger partial charge on any atom is -0.493 e. The van der Waals surface area contributed by atoms with E-state index in [1.54, 1.807) is 27.5 Å². The highest BCUT2D eigenvalue weighted by molar-refractivity contribution is 14.0. The summed E-state index contributed by atoms with van der Waals surface area (Å²) in [5.41, 5.74) is 2.19. The van der Waals surface area contributed by atoms with E-state index in [9.17, 15) is 0 Å². The van der Waals surface area contributed by atoms with E-state index in [-0.39, 0.29) is 30.0 Å². The van der Waals surface area contributed by atoms with Gasteiger partial charge in [0.2, 0.25) is 11.6 Å². The summed E-state index contributed by atoms with van der Waals surface area (Å²) in [5, 5.41) is 6.70. The SMILES string of the molecule is CN=C(NCc1ccc(Oc2c(OC)cccc2OC)nc1)NC(C)c1ccccc1.I. The van der Waals surface area contributed by atoms with E-state index in [4.69, 9.17) is 14.2 Å². The van der Waals surface area contributed by atoms with Gasteiger partial charge in [-0.15, -0.1) is 24.0 Å². The number of aliphatic imine (C=N–C) groups is 1. The Labute approximate surface area is 206 Å². The predicted molar refractivity (Wildman–Crippen MR) is 137 cm³/mol. The van der Waals surface area contributed by atoms with Crippen molar-refractivity contribution in [1.29, 1.82) is 0 Å². The fourth-order valence-corrected chi connectivity index (χ4v) is 3.01. The molecule has 0 aliphatic rings. The third-order valence-corrected chi connectivity index (χ3v) is 4.72. The molecule has 0 radical (unpaired) electrons. The van der Waals surface area contributed by atoms with Gasteiger partial charge in [0, 0.05) is 25.9 Å². The lowest BCUT2D eigenvalue weighted by molar-refractivity contribution is 0.342. The average molecular weight is 548 g/mol. The van der Waals surface area contributed by atoms with Gasteiger partial charge in [-0.25, -0.2) is 4.98 Å². The topological polar surface area (TPSA) is 77.0 Å². The first-order valence-electron chi connectivity index (χ1n) is 10.0. The van der Waals surface area contributed by atoms with Crippen LogP contribution in [0.15, 0.2) is 71.9 Å². The van der Waals surface area contributed by atoms with Gasteiger partial charge in [-0.1, -0.05) is 42.5 Å². The number of hydrogen-bond acceptors (Lipinski definition) is 5. The van der Waals surface area contributed by atoms with Crippen LogP contribution < -0.4 is 24.8 Å². The molecule has 0 spiro atoms. The van der Waals surface area contributed by atoms with Crippen LogP contribution in [-0.4, -0.2) is 32.2 Å². The Morgan fingerprint density at radius 1 is 0.969 bits per heavy atom. The number of nitrogens with zero attached hydrogens (tertiary/aromatic N) is 2. The van der Waals surface area contributed by atoms with Crippen molar-refractivity contribution in [3.63, 3.8) is 0 Å². The van der Waals surface area contributed by atoms with Crippen LogP contribution in [0.5, 0.6) is 23.1 Å². The van der Waals surface area contributed by atoms with Gasteiger partial charge < -0.3 is 24.8 Å². The second-order valence-corrected chi connectivity index (χ2v) is 6.80. The van der Waals surface area contributed by atoms with E-state index in [2.05, 4.69) is 39.7 Å². The molecule has 1 unspecified atom stereocenters. The van der Waals surface area contributed by atoms with Crippen molar-refractivity contribution in [1.82, 2.24) is 15.6 Å². The second kappa shape index (κ2) is 12.7. The van der Waals surface area contributed by atoms with Crippen LogP contribution in [0.3, 0.4) is 0 Å². The summed E-state index contributed by atoms with van der Waals surface area (Å²) in [6, 6.07) is 19.6. The number of benzene rings is 2. The Balaban J connectivity index is 0.00000363. The zero-order valence-corrected chi connectivity index (χ0v) is 21.0. The van der Waals surface area contributed by atoms with Crippen molar-refractivity contribution in [2.24, 2.45) is 4.99 Å². The number of guanidine groups is 1. The molecule has 0 saturated heterocycles. The Bertz CT molecular complexity index is 976. The molecule has 0 amide bonds. The molecule has 1 aromatic heterocycles. The predicted octanol–water partition coefficient (Wildman–Crippen LogP) is 4.94. The van der Waals surface area contributed by atoms with Crippen molar-refractivity contribution >= 4 is 29.9 Å². The lowest BCUT2D eigenvalue weighted by Gasteiger charge is -2.18. The zero-order chi connectivity index (χ0) is 22.1. The molecular formula is C24H29IN4O3. The van der Waals surface area contributed by atoms with E-state index < -0.39 is 0 Å². The molecule has 7 nitrogen and oxygen atoms in total. The van der Waals surface area contributed by atoms with E-state index in [1.807, 2.05) is 48.5 Å². The summed E-state index contributed by atoms with van der Waals surface area (Å²) in [5.74, 6) is 2.82. The van der Waals surface area contributed by atoms with Crippen LogP contribution in [0, 0.1) is 0 Å². The van der Waals surface area contributed by atoms with Gasteiger partial charge in [-0.05, 0) is 30.2 Å². The molecule has 32 heavy (non-hydrogen) atoms. The van der Waals surface area contributed by atoms with Gasteiger partial charge in [0.25, 0.3) is 0 Å². The number of nitrogens with one attached hydrogen (secondary N) is 2. The number of halogens is 1. The molecule has 0 aliphatic carbocycles. The molecule has 8 heteroatoms. The van der Waals surface area contributed by atoms with Crippen molar-refractivity contribution < 1.29 is 14.2 Å². The fraction of sp³-hybridized carbons (Fsp3) is 0.250. The highest BCUT2D eigenvalue weighted by Gasteiger charge is 2.13. The molecule has 0 saturated carbocycles. The molecule has 0 fully saturated rings. The maximum Gasteiger partial charge on any atom is 0.219 e. The quantitative estimate of drug-likeness (QED) is 0.236. The van der Waals surface area contributed by atoms with Gasteiger partial charge in [-0.3, -0.25) is 4.99 Å². The highest BCUT2D eigenvalue weighted by atomic mass is 127. The monoisotopic (exact) mass is 548 g/mol. The molecule has 2 aromatic carbocycles. The van der Waals surface area contributed by atoms with Crippen LogP contribution in [-0.2, 0) is 6.54 Å². The summed E-state index contributed by atoms with van der Waals surface area (Å²) in [7, 11) is 4.93. The first kappa shape index (κ1) is 25.3. The second-order valence-electron chi connectivity index (χ2n) is 6.80. The zero-order valence-electron chi connectivity index (χ0n) is 18.7. The Morgan fingerprint density at radius 2 is 1.66 bits per heavy atom. The lowest BCUT2D eigenvalue weighted by Crippen LogP contribution is -2.38.